The molecule has 1 atom stereocenters. The van der Waals surface area contributed by atoms with Gasteiger partial charge >= 0.3 is 5.97 Å². The third kappa shape index (κ3) is 3.05. The molecule has 0 saturated carbocycles. The molecule has 0 fully saturated rings. The predicted octanol–water partition coefficient (Wildman–Crippen LogP) is 2.80. The van der Waals surface area contributed by atoms with Gasteiger partial charge in [-0.15, -0.1) is 0 Å². The number of hydrogen-bond acceptors (Lipinski definition) is 2. The molecule has 0 spiro atoms. The summed E-state index contributed by atoms with van der Waals surface area (Å²) in [6.07, 6.45) is 0.205. The van der Waals surface area contributed by atoms with Crippen molar-refractivity contribution in [3.05, 3.63) is 35.1 Å². The zero-order valence-electron chi connectivity index (χ0n) is 9.21. The molecule has 15 heavy (non-hydrogen) atoms. The van der Waals surface area contributed by atoms with Gasteiger partial charge in [0.1, 0.15) is 5.82 Å². The van der Waals surface area contributed by atoms with Crippen LogP contribution in [-0.4, -0.2) is 13.1 Å². The molecule has 0 radical (unpaired) electrons. The van der Waals surface area contributed by atoms with Crippen molar-refractivity contribution in [3.8, 4) is 0 Å². The molecule has 0 N–H and O–H groups in total. The number of rotatable bonds is 3. The monoisotopic (exact) mass is 210 g/mol. The highest BCUT2D eigenvalue weighted by atomic mass is 19.1. The summed E-state index contributed by atoms with van der Waals surface area (Å²) in [5.74, 6) is -0.738. The van der Waals surface area contributed by atoms with Crippen LogP contribution in [-0.2, 0) is 9.53 Å². The SMILES string of the molecule is COC(=O)CC(C)c1cc(C)ccc1F. The first kappa shape index (κ1) is 11.7. The second-order valence-corrected chi connectivity index (χ2v) is 3.71. The van der Waals surface area contributed by atoms with Gasteiger partial charge in [-0.05, 0) is 24.5 Å². The van der Waals surface area contributed by atoms with Crippen LogP contribution in [0.5, 0.6) is 0 Å². The molecule has 1 unspecified atom stereocenters. The highest BCUT2D eigenvalue weighted by Gasteiger charge is 2.15. The van der Waals surface area contributed by atoms with Crippen LogP contribution >= 0.6 is 0 Å². The van der Waals surface area contributed by atoms with Crippen LogP contribution < -0.4 is 0 Å². The summed E-state index contributed by atoms with van der Waals surface area (Å²) in [7, 11) is 1.33. The van der Waals surface area contributed by atoms with E-state index in [0.29, 0.717) is 5.56 Å². The molecule has 1 rings (SSSR count). The van der Waals surface area contributed by atoms with Crippen molar-refractivity contribution in [1.29, 1.82) is 0 Å². The average Bonchev–Trinajstić information content (AvgIpc) is 2.21. The van der Waals surface area contributed by atoms with Gasteiger partial charge in [-0.1, -0.05) is 24.6 Å². The van der Waals surface area contributed by atoms with Crippen molar-refractivity contribution in [1.82, 2.24) is 0 Å². The van der Waals surface area contributed by atoms with Gasteiger partial charge in [0.15, 0.2) is 0 Å². The van der Waals surface area contributed by atoms with Gasteiger partial charge in [0.05, 0.1) is 13.5 Å². The summed E-state index contributed by atoms with van der Waals surface area (Å²) in [6, 6.07) is 4.91. The quantitative estimate of drug-likeness (QED) is 0.717. The summed E-state index contributed by atoms with van der Waals surface area (Å²) < 4.78 is 18.0. The molecule has 0 aliphatic rings. The Hall–Kier alpha value is -1.38. The van der Waals surface area contributed by atoms with Crippen molar-refractivity contribution >= 4 is 5.97 Å². The Kier molecular flexibility index (Phi) is 3.83. The molecular formula is C12H15FO2. The molecule has 0 aliphatic carbocycles. The Morgan fingerprint density at radius 3 is 2.80 bits per heavy atom. The molecule has 1 aromatic rings. The molecule has 0 aliphatic heterocycles. The third-order valence-electron chi connectivity index (χ3n) is 2.38. The van der Waals surface area contributed by atoms with Gasteiger partial charge in [0.25, 0.3) is 0 Å². The lowest BCUT2D eigenvalue weighted by Crippen LogP contribution is -2.07. The topological polar surface area (TPSA) is 26.3 Å². The Morgan fingerprint density at radius 2 is 2.20 bits per heavy atom. The summed E-state index contributed by atoms with van der Waals surface area (Å²) in [5, 5.41) is 0. The molecule has 0 amide bonds. The fourth-order valence-electron chi connectivity index (χ4n) is 1.48. The van der Waals surface area contributed by atoms with E-state index in [9.17, 15) is 9.18 Å². The van der Waals surface area contributed by atoms with Gasteiger partial charge < -0.3 is 4.74 Å². The Labute approximate surface area is 89.1 Å². The van der Waals surface area contributed by atoms with Gasteiger partial charge in [0, 0.05) is 0 Å². The van der Waals surface area contributed by atoms with Crippen LogP contribution in [0.4, 0.5) is 4.39 Å². The predicted molar refractivity (Wildman–Crippen MR) is 56.2 cm³/mol. The summed E-state index contributed by atoms with van der Waals surface area (Å²) >= 11 is 0. The van der Waals surface area contributed by atoms with Crippen molar-refractivity contribution in [2.75, 3.05) is 7.11 Å². The lowest BCUT2D eigenvalue weighted by atomic mass is 9.96. The van der Waals surface area contributed by atoms with Gasteiger partial charge in [0.2, 0.25) is 0 Å². The maximum Gasteiger partial charge on any atom is 0.306 e. The van der Waals surface area contributed by atoms with E-state index in [-0.39, 0.29) is 24.1 Å². The second-order valence-electron chi connectivity index (χ2n) is 3.71. The molecule has 82 valence electrons. The van der Waals surface area contributed by atoms with Crippen LogP contribution in [0.3, 0.4) is 0 Å². The first-order valence-corrected chi connectivity index (χ1v) is 4.87. The lowest BCUT2D eigenvalue weighted by molar-refractivity contribution is -0.140. The molecule has 0 heterocycles. The number of esters is 1. The van der Waals surface area contributed by atoms with Crippen molar-refractivity contribution in [2.45, 2.75) is 26.2 Å². The zero-order valence-corrected chi connectivity index (χ0v) is 9.21. The molecule has 0 aromatic heterocycles. The number of benzene rings is 1. The van der Waals surface area contributed by atoms with Crippen LogP contribution in [0, 0.1) is 12.7 Å². The smallest absolute Gasteiger partial charge is 0.306 e. The number of methoxy groups -OCH3 is 1. The van der Waals surface area contributed by atoms with Gasteiger partial charge in [-0.25, -0.2) is 4.39 Å². The van der Waals surface area contributed by atoms with Crippen LogP contribution in [0.15, 0.2) is 18.2 Å². The molecule has 0 bridgehead atoms. The lowest BCUT2D eigenvalue weighted by Gasteiger charge is -2.12. The highest BCUT2D eigenvalue weighted by Crippen LogP contribution is 2.23. The van der Waals surface area contributed by atoms with Crippen LogP contribution in [0.25, 0.3) is 0 Å². The fraction of sp³-hybridized carbons (Fsp3) is 0.417. The number of ether oxygens (including phenoxy) is 1. The Bertz CT molecular complexity index is 361. The van der Waals surface area contributed by atoms with E-state index in [2.05, 4.69) is 4.74 Å². The van der Waals surface area contributed by atoms with E-state index in [1.807, 2.05) is 13.8 Å². The van der Waals surface area contributed by atoms with E-state index in [1.165, 1.54) is 13.2 Å². The number of carbonyl (C=O) groups excluding carboxylic acids is 1. The first-order valence-electron chi connectivity index (χ1n) is 4.87. The minimum atomic E-state index is -0.316. The van der Waals surface area contributed by atoms with E-state index in [4.69, 9.17) is 0 Å². The van der Waals surface area contributed by atoms with E-state index in [0.717, 1.165) is 5.56 Å². The minimum Gasteiger partial charge on any atom is -0.469 e. The van der Waals surface area contributed by atoms with E-state index in [1.54, 1.807) is 12.1 Å². The number of carbonyl (C=O) groups is 1. The summed E-state index contributed by atoms with van der Waals surface area (Å²) in [4.78, 5) is 11.0. The Morgan fingerprint density at radius 1 is 1.53 bits per heavy atom. The van der Waals surface area contributed by atoms with Crippen molar-refractivity contribution < 1.29 is 13.9 Å². The fourth-order valence-corrected chi connectivity index (χ4v) is 1.48. The second kappa shape index (κ2) is 4.91. The third-order valence-corrected chi connectivity index (χ3v) is 2.38. The molecule has 0 saturated heterocycles. The maximum absolute atomic E-state index is 13.4. The molecular weight excluding hydrogens is 195 g/mol. The van der Waals surface area contributed by atoms with E-state index < -0.39 is 0 Å². The van der Waals surface area contributed by atoms with E-state index >= 15 is 0 Å². The van der Waals surface area contributed by atoms with Crippen molar-refractivity contribution in [3.63, 3.8) is 0 Å². The average molecular weight is 210 g/mol. The van der Waals surface area contributed by atoms with Crippen molar-refractivity contribution in [2.24, 2.45) is 0 Å². The summed E-state index contributed by atoms with van der Waals surface area (Å²) in [6.45, 7) is 3.71. The van der Waals surface area contributed by atoms with Crippen LogP contribution in [0.1, 0.15) is 30.4 Å². The van der Waals surface area contributed by atoms with Gasteiger partial charge in [-0.3, -0.25) is 4.79 Å². The minimum absolute atomic E-state index is 0.155. The largest absolute Gasteiger partial charge is 0.469 e. The zero-order chi connectivity index (χ0) is 11.4. The molecule has 1 aromatic carbocycles. The maximum atomic E-state index is 13.4. The number of aryl methyl sites for hydroxylation is 1. The highest BCUT2D eigenvalue weighted by molar-refractivity contribution is 5.70. The van der Waals surface area contributed by atoms with Crippen LogP contribution in [0.2, 0.25) is 0 Å². The first-order chi connectivity index (χ1) is 7.04. The number of hydrogen-bond donors (Lipinski definition) is 0. The summed E-state index contributed by atoms with van der Waals surface area (Å²) in [5.41, 5.74) is 1.56. The number of halogens is 1. The molecule has 3 heteroatoms. The molecule has 2 nitrogen and oxygen atoms in total. The standard InChI is InChI=1S/C12H15FO2/c1-8-4-5-11(13)10(6-8)9(2)7-12(14)15-3/h4-6,9H,7H2,1-3H3. The van der Waals surface area contributed by atoms with Gasteiger partial charge in [-0.2, -0.15) is 0 Å². The normalized spacial score (nSPS) is 12.3. The Balaban J connectivity index is 2.85.